The number of thiophene rings is 2. The molecule has 1 N–H and O–H groups in total. The van der Waals surface area contributed by atoms with Gasteiger partial charge in [-0.1, -0.05) is 18.5 Å². The van der Waals surface area contributed by atoms with Crippen molar-refractivity contribution in [2.45, 2.75) is 31.6 Å². The lowest BCUT2D eigenvalue weighted by atomic mass is 10.1. The molecule has 5 heteroatoms. The first-order valence-electron chi connectivity index (χ1n) is 6.95. The fraction of sp³-hybridized carbons (Fsp3) is 0.467. The highest BCUT2D eigenvalue weighted by atomic mass is 35.5. The van der Waals surface area contributed by atoms with Gasteiger partial charge in [-0.15, -0.1) is 22.7 Å². The Bertz CT molecular complexity index is 552. The second kappa shape index (κ2) is 6.84. The quantitative estimate of drug-likeness (QED) is 0.786. The van der Waals surface area contributed by atoms with Gasteiger partial charge in [0.1, 0.15) is 0 Å². The molecule has 0 amide bonds. The van der Waals surface area contributed by atoms with Crippen molar-refractivity contribution in [2.75, 3.05) is 12.3 Å². The topological polar surface area (TPSA) is 12.0 Å². The van der Waals surface area contributed by atoms with Crippen LogP contribution in [0.3, 0.4) is 0 Å². The second-order valence-corrected chi connectivity index (χ2v) is 8.95. The Balaban J connectivity index is 1.90. The lowest BCUT2D eigenvalue weighted by Gasteiger charge is -2.15. The SMILES string of the molecule is CCCNC(c1ccc(Cl)s1)c1cc2c(s1)CCSC2. The molecular weight excluding hydrogens is 326 g/mol. The van der Waals surface area contributed by atoms with Crippen molar-refractivity contribution in [1.82, 2.24) is 5.32 Å². The summed E-state index contributed by atoms with van der Waals surface area (Å²) in [6.45, 7) is 3.25. The van der Waals surface area contributed by atoms with Gasteiger partial charge in [-0.05, 0) is 48.9 Å². The Kier molecular flexibility index (Phi) is 5.10. The molecule has 0 saturated heterocycles. The van der Waals surface area contributed by atoms with Gasteiger partial charge in [0.2, 0.25) is 0 Å². The van der Waals surface area contributed by atoms with E-state index in [9.17, 15) is 0 Å². The smallest absolute Gasteiger partial charge is 0.0931 e. The Labute approximate surface area is 137 Å². The Hall–Kier alpha value is -0.000000000000000111. The standard InChI is InChI=1S/C15H18ClNS3/c1-2-6-17-15(12-3-4-14(16)20-12)13-8-10-9-18-7-5-11(10)19-13/h3-4,8,15,17H,2,5-7,9H2,1H3. The highest BCUT2D eigenvalue weighted by Crippen LogP contribution is 2.38. The molecule has 2 aromatic rings. The van der Waals surface area contributed by atoms with Gasteiger partial charge in [0.15, 0.2) is 0 Å². The summed E-state index contributed by atoms with van der Waals surface area (Å²) in [5, 5.41) is 3.68. The first-order chi connectivity index (χ1) is 9.78. The minimum absolute atomic E-state index is 0.313. The molecule has 0 aliphatic carbocycles. The van der Waals surface area contributed by atoms with Gasteiger partial charge in [0.25, 0.3) is 0 Å². The highest BCUT2D eigenvalue weighted by molar-refractivity contribution is 7.98. The van der Waals surface area contributed by atoms with E-state index >= 15 is 0 Å². The molecule has 0 aromatic carbocycles. The van der Waals surface area contributed by atoms with E-state index in [4.69, 9.17) is 11.6 Å². The third-order valence-electron chi connectivity index (χ3n) is 3.41. The van der Waals surface area contributed by atoms with Gasteiger partial charge in [-0.25, -0.2) is 0 Å². The van der Waals surface area contributed by atoms with E-state index in [2.05, 4.69) is 24.4 Å². The second-order valence-electron chi connectivity index (χ2n) is 4.93. The van der Waals surface area contributed by atoms with Gasteiger partial charge in [0.05, 0.1) is 10.4 Å². The Morgan fingerprint density at radius 3 is 2.90 bits per heavy atom. The van der Waals surface area contributed by atoms with E-state index in [-0.39, 0.29) is 0 Å². The van der Waals surface area contributed by atoms with Gasteiger partial charge in [0, 0.05) is 20.4 Å². The zero-order chi connectivity index (χ0) is 13.9. The molecule has 0 fully saturated rings. The van der Waals surface area contributed by atoms with Crippen LogP contribution in [-0.4, -0.2) is 12.3 Å². The maximum atomic E-state index is 6.12. The Morgan fingerprint density at radius 2 is 2.20 bits per heavy atom. The van der Waals surface area contributed by atoms with E-state index in [0.29, 0.717) is 6.04 Å². The molecule has 20 heavy (non-hydrogen) atoms. The molecular formula is C15H18ClNS3. The average molecular weight is 344 g/mol. The minimum atomic E-state index is 0.313. The number of rotatable bonds is 5. The maximum Gasteiger partial charge on any atom is 0.0931 e. The number of aryl methyl sites for hydroxylation is 1. The van der Waals surface area contributed by atoms with Crippen molar-refractivity contribution in [3.05, 3.63) is 42.7 Å². The number of hydrogen-bond acceptors (Lipinski definition) is 4. The van der Waals surface area contributed by atoms with Crippen LogP contribution in [0.5, 0.6) is 0 Å². The molecule has 2 aromatic heterocycles. The summed E-state index contributed by atoms with van der Waals surface area (Å²) in [6, 6.07) is 6.89. The monoisotopic (exact) mass is 343 g/mol. The van der Waals surface area contributed by atoms with E-state index in [0.717, 1.165) is 17.3 Å². The third-order valence-corrected chi connectivity index (χ3v) is 7.01. The zero-order valence-electron chi connectivity index (χ0n) is 11.4. The van der Waals surface area contributed by atoms with Crippen molar-refractivity contribution in [2.24, 2.45) is 0 Å². The van der Waals surface area contributed by atoms with Gasteiger partial charge in [-0.3, -0.25) is 0 Å². The summed E-state index contributed by atoms with van der Waals surface area (Å²) >= 11 is 11.8. The van der Waals surface area contributed by atoms with Crippen LogP contribution in [0, 0.1) is 0 Å². The predicted molar refractivity (Wildman–Crippen MR) is 93.7 cm³/mol. The zero-order valence-corrected chi connectivity index (χ0v) is 14.7. The lowest BCUT2D eigenvalue weighted by Crippen LogP contribution is -2.21. The maximum absolute atomic E-state index is 6.12. The van der Waals surface area contributed by atoms with Crippen molar-refractivity contribution >= 4 is 46.0 Å². The first-order valence-corrected chi connectivity index (χ1v) is 10.1. The number of thioether (sulfide) groups is 1. The number of fused-ring (bicyclic) bond motifs is 1. The third kappa shape index (κ3) is 3.25. The molecule has 1 aliphatic heterocycles. The first kappa shape index (κ1) is 14.9. The van der Waals surface area contributed by atoms with Crippen LogP contribution in [0.1, 0.15) is 39.6 Å². The molecule has 0 radical (unpaired) electrons. The van der Waals surface area contributed by atoms with Crippen molar-refractivity contribution in [3.63, 3.8) is 0 Å². The van der Waals surface area contributed by atoms with Crippen LogP contribution in [0.2, 0.25) is 4.34 Å². The summed E-state index contributed by atoms with van der Waals surface area (Å²) in [4.78, 5) is 4.36. The van der Waals surface area contributed by atoms with Crippen LogP contribution in [0.25, 0.3) is 0 Å². The molecule has 3 heterocycles. The average Bonchev–Trinajstić information content (AvgIpc) is 3.05. The van der Waals surface area contributed by atoms with E-state index in [1.54, 1.807) is 21.8 Å². The molecule has 1 atom stereocenters. The molecule has 1 unspecified atom stereocenters. The van der Waals surface area contributed by atoms with Gasteiger partial charge >= 0.3 is 0 Å². The highest BCUT2D eigenvalue weighted by Gasteiger charge is 2.21. The predicted octanol–water partition coefficient (Wildman–Crippen LogP) is 5.34. The number of halogens is 1. The number of hydrogen-bond donors (Lipinski definition) is 1. The molecule has 1 nitrogen and oxygen atoms in total. The van der Waals surface area contributed by atoms with Crippen LogP contribution in [-0.2, 0) is 12.2 Å². The van der Waals surface area contributed by atoms with Crippen LogP contribution in [0.4, 0.5) is 0 Å². The fourth-order valence-corrected chi connectivity index (χ4v) is 6.13. The molecule has 1 aliphatic rings. The van der Waals surface area contributed by atoms with Crippen LogP contribution < -0.4 is 5.32 Å². The van der Waals surface area contributed by atoms with Crippen molar-refractivity contribution in [3.8, 4) is 0 Å². The van der Waals surface area contributed by atoms with Gasteiger partial charge < -0.3 is 5.32 Å². The molecule has 3 rings (SSSR count). The van der Waals surface area contributed by atoms with Gasteiger partial charge in [-0.2, -0.15) is 11.8 Å². The minimum Gasteiger partial charge on any atom is -0.305 e. The normalized spacial score (nSPS) is 16.1. The molecule has 0 spiro atoms. The Morgan fingerprint density at radius 1 is 1.30 bits per heavy atom. The molecule has 0 bridgehead atoms. The van der Waals surface area contributed by atoms with E-state index in [1.165, 1.54) is 27.7 Å². The van der Waals surface area contributed by atoms with Crippen molar-refractivity contribution < 1.29 is 0 Å². The summed E-state index contributed by atoms with van der Waals surface area (Å²) < 4.78 is 0.875. The van der Waals surface area contributed by atoms with E-state index in [1.807, 2.05) is 29.2 Å². The van der Waals surface area contributed by atoms with E-state index < -0.39 is 0 Å². The van der Waals surface area contributed by atoms with Crippen LogP contribution >= 0.6 is 46.0 Å². The summed E-state index contributed by atoms with van der Waals surface area (Å²) in [7, 11) is 0. The largest absolute Gasteiger partial charge is 0.305 e. The number of nitrogens with one attached hydrogen (secondary N) is 1. The lowest BCUT2D eigenvalue weighted by molar-refractivity contribution is 0.613. The fourth-order valence-electron chi connectivity index (χ4n) is 2.43. The van der Waals surface area contributed by atoms with Crippen LogP contribution in [0.15, 0.2) is 18.2 Å². The summed E-state index contributed by atoms with van der Waals surface area (Å²) in [6.07, 6.45) is 2.38. The molecule has 0 saturated carbocycles. The summed E-state index contributed by atoms with van der Waals surface area (Å²) in [5.41, 5.74) is 1.55. The molecule has 108 valence electrons. The van der Waals surface area contributed by atoms with Crippen molar-refractivity contribution in [1.29, 1.82) is 0 Å². The summed E-state index contributed by atoms with van der Waals surface area (Å²) in [5.74, 6) is 2.45.